The molecule has 0 spiro atoms. The number of carbonyl (C=O) groups is 1. The van der Waals surface area contributed by atoms with E-state index in [0.717, 1.165) is 17.7 Å². The second kappa shape index (κ2) is 8.79. The molecule has 0 saturated heterocycles. The highest BCUT2D eigenvalue weighted by Crippen LogP contribution is 2.29. The number of amides is 1. The van der Waals surface area contributed by atoms with E-state index in [1.54, 1.807) is 27.3 Å². The smallest absolute Gasteiger partial charge is 0.416 e. The molecule has 0 heterocycles. The SMILES string of the molecule is COc1cc(CCC(=O)N(C)Cc2ccc(C(F)(F)F)cc2)cc(OC)c1. The maximum Gasteiger partial charge on any atom is 0.416 e. The molecule has 146 valence electrons. The highest BCUT2D eigenvalue weighted by Gasteiger charge is 2.29. The molecule has 27 heavy (non-hydrogen) atoms. The van der Waals surface area contributed by atoms with Crippen LogP contribution in [0.4, 0.5) is 13.2 Å². The predicted molar refractivity (Wildman–Crippen MR) is 95.8 cm³/mol. The van der Waals surface area contributed by atoms with Crippen LogP contribution in [0, 0.1) is 0 Å². The van der Waals surface area contributed by atoms with Gasteiger partial charge in [0.1, 0.15) is 11.5 Å². The monoisotopic (exact) mass is 381 g/mol. The summed E-state index contributed by atoms with van der Waals surface area (Å²) in [5.74, 6) is 1.20. The average Bonchev–Trinajstić information content (AvgIpc) is 2.65. The van der Waals surface area contributed by atoms with Gasteiger partial charge in [-0.1, -0.05) is 12.1 Å². The van der Waals surface area contributed by atoms with E-state index >= 15 is 0 Å². The first-order valence-electron chi connectivity index (χ1n) is 8.35. The molecule has 0 saturated carbocycles. The van der Waals surface area contributed by atoms with Crippen molar-refractivity contribution < 1.29 is 27.4 Å². The van der Waals surface area contributed by atoms with Crippen molar-refractivity contribution in [1.29, 1.82) is 0 Å². The molecule has 0 radical (unpaired) electrons. The number of halogens is 3. The summed E-state index contributed by atoms with van der Waals surface area (Å²) >= 11 is 0. The minimum atomic E-state index is -4.36. The Kier molecular flexibility index (Phi) is 6.71. The van der Waals surface area contributed by atoms with Gasteiger partial charge in [-0.2, -0.15) is 13.2 Å². The molecule has 0 aromatic heterocycles. The fourth-order valence-corrected chi connectivity index (χ4v) is 2.61. The highest BCUT2D eigenvalue weighted by atomic mass is 19.4. The molecular formula is C20H22F3NO3. The number of ether oxygens (including phenoxy) is 2. The van der Waals surface area contributed by atoms with Crippen LogP contribution in [0.3, 0.4) is 0 Å². The molecular weight excluding hydrogens is 359 g/mol. The van der Waals surface area contributed by atoms with Gasteiger partial charge in [-0.15, -0.1) is 0 Å². The van der Waals surface area contributed by atoms with Crippen molar-refractivity contribution in [3.05, 3.63) is 59.2 Å². The maximum absolute atomic E-state index is 12.6. The van der Waals surface area contributed by atoms with Crippen molar-refractivity contribution in [2.45, 2.75) is 25.6 Å². The molecule has 0 atom stereocenters. The number of alkyl halides is 3. The molecule has 2 aromatic carbocycles. The molecule has 0 unspecified atom stereocenters. The minimum Gasteiger partial charge on any atom is -0.497 e. The van der Waals surface area contributed by atoms with Crippen LogP contribution < -0.4 is 9.47 Å². The van der Waals surface area contributed by atoms with Crippen LogP contribution in [0.15, 0.2) is 42.5 Å². The first-order chi connectivity index (χ1) is 12.7. The third-order valence-electron chi connectivity index (χ3n) is 4.17. The molecule has 7 heteroatoms. The summed E-state index contributed by atoms with van der Waals surface area (Å²) in [6.07, 6.45) is -3.59. The van der Waals surface area contributed by atoms with Gasteiger partial charge in [0.05, 0.1) is 19.8 Å². The van der Waals surface area contributed by atoms with Gasteiger partial charge in [-0.05, 0) is 41.8 Å². The lowest BCUT2D eigenvalue weighted by molar-refractivity contribution is -0.137. The Bertz CT molecular complexity index is 751. The van der Waals surface area contributed by atoms with Crippen LogP contribution in [-0.2, 0) is 23.9 Å². The third kappa shape index (κ3) is 5.91. The Labute approximate surface area is 156 Å². The fraction of sp³-hybridized carbons (Fsp3) is 0.350. The van der Waals surface area contributed by atoms with Crippen molar-refractivity contribution in [3.8, 4) is 11.5 Å². The lowest BCUT2D eigenvalue weighted by atomic mass is 10.1. The Hall–Kier alpha value is -2.70. The van der Waals surface area contributed by atoms with E-state index in [-0.39, 0.29) is 18.9 Å². The molecule has 2 rings (SSSR count). The summed E-state index contributed by atoms with van der Waals surface area (Å²) in [5.41, 5.74) is 0.844. The lowest BCUT2D eigenvalue weighted by Crippen LogP contribution is -2.26. The van der Waals surface area contributed by atoms with Crippen LogP contribution >= 0.6 is 0 Å². The van der Waals surface area contributed by atoms with Crippen molar-refractivity contribution in [1.82, 2.24) is 4.90 Å². The lowest BCUT2D eigenvalue weighted by Gasteiger charge is -2.18. The second-order valence-electron chi connectivity index (χ2n) is 6.17. The van der Waals surface area contributed by atoms with Gasteiger partial charge in [0, 0.05) is 26.1 Å². The van der Waals surface area contributed by atoms with Crippen molar-refractivity contribution in [2.75, 3.05) is 21.3 Å². The largest absolute Gasteiger partial charge is 0.497 e. The Morgan fingerprint density at radius 1 is 0.963 bits per heavy atom. The number of nitrogens with zero attached hydrogens (tertiary/aromatic N) is 1. The van der Waals surface area contributed by atoms with E-state index in [4.69, 9.17) is 9.47 Å². The highest BCUT2D eigenvalue weighted by molar-refractivity contribution is 5.76. The second-order valence-corrected chi connectivity index (χ2v) is 6.17. The summed E-state index contributed by atoms with van der Waals surface area (Å²) in [5, 5.41) is 0. The zero-order valence-corrected chi connectivity index (χ0v) is 15.5. The molecule has 0 bridgehead atoms. The van der Waals surface area contributed by atoms with Crippen LogP contribution in [-0.4, -0.2) is 32.1 Å². The summed E-state index contributed by atoms with van der Waals surface area (Å²) in [6, 6.07) is 10.3. The van der Waals surface area contributed by atoms with Gasteiger partial charge in [0.25, 0.3) is 0 Å². The van der Waals surface area contributed by atoms with Gasteiger partial charge in [-0.3, -0.25) is 4.79 Å². The number of methoxy groups -OCH3 is 2. The maximum atomic E-state index is 12.6. The quantitative estimate of drug-likeness (QED) is 0.717. The van der Waals surface area contributed by atoms with Crippen molar-refractivity contribution >= 4 is 5.91 Å². The third-order valence-corrected chi connectivity index (χ3v) is 4.17. The van der Waals surface area contributed by atoms with E-state index in [1.165, 1.54) is 17.0 Å². The number of aryl methyl sites for hydroxylation is 1. The topological polar surface area (TPSA) is 38.8 Å². The van der Waals surface area contributed by atoms with Crippen LogP contribution in [0.25, 0.3) is 0 Å². The Morgan fingerprint density at radius 2 is 1.52 bits per heavy atom. The molecule has 0 aliphatic carbocycles. The number of hydrogen-bond acceptors (Lipinski definition) is 3. The minimum absolute atomic E-state index is 0.100. The summed E-state index contributed by atoms with van der Waals surface area (Å²) in [7, 11) is 4.75. The molecule has 1 amide bonds. The first kappa shape index (κ1) is 20.6. The van der Waals surface area contributed by atoms with Crippen LogP contribution in [0.5, 0.6) is 11.5 Å². The predicted octanol–water partition coefficient (Wildman–Crippen LogP) is 4.31. The normalized spacial score (nSPS) is 11.2. The van der Waals surface area contributed by atoms with Gasteiger partial charge in [0.15, 0.2) is 0 Å². The zero-order valence-electron chi connectivity index (χ0n) is 15.5. The molecule has 0 aliphatic heterocycles. The van der Waals surface area contributed by atoms with Gasteiger partial charge < -0.3 is 14.4 Å². The summed E-state index contributed by atoms with van der Waals surface area (Å²) < 4.78 is 48.2. The van der Waals surface area contributed by atoms with Crippen LogP contribution in [0.1, 0.15) is 23.1 Å². The molecule has 0 aliphatic rings. The molecule has 0 fully saturated rings. The van der Waals surface area contributed by atoms with E-state index in [2.05, 4.69) is 0 Å². The van der Waals surface area contributed by atoms with Gasteiger partial charge >= 0.3 is 6.18 Å². The molecule has 4 nitrogen and oxygen atoms in total. The fourth-order valence-electron chi connectivity index (χ4n) is 2.61. The van der Waals surface area contributed by atoms with E-state index in [0.29, 0.717) is 23.5 Å². The first-order valence-corrected chi connectivity index (χ1v) is 8.35. The van der Waals surface area contributed by atoms with Crippen molar-refractivity contribution in [3.63, 3.8) is 0 Å². The van der Waals surface area contributed by atoms with Crippen LogP contribution in [0.2, 0.25) is 0 Å². The van der Waals surface area contributed by atoms with E-state index in [9.17, 15) is 18.0 Å². The Balaban J connectivity index is 1.94. The van der Waals surface area contributed by atoms with Crippen molar-refractivity contribution in [2.24, 2.45) is 0 Å². The standard InChI is InChI=1S/C20H22F3NO3/c1-24(13-14-4-7-16(8-5-14)20(21,22)23)19(25)9-6-15-10-17(26-2)12-18(11-15)27-3/h4-5,7-8,10-12H,6,9,13H2,1-3H3. The summed E-state index contributed by atoms with van der Waals surface area (Å²) in [6.45, 7) is 0.248. The molecule has 0 N–H and O–H groups in total. The van der Waals surface area contributed by atoms with E-state index < -0.39 is 11.7 Å². The van der Waals surface area contributed by atoms with Gasteiger partial charge in [0.2, 0.25) is 5.91 Å². The number of benzene rings is 2. The number of hydrogen-bond donors (Lipinski definition) is 0. The van der Waals surface area contributed by atoms with E-state index in [1.807, 2.05) is 12.1 Å². The zero-order chi connectivity index (χ0) is 20.0. The van der Waals surface area contributed by atoms with Gasteiger partial charge in [-0.25, -0.2) is 0 Å². The number of rotatable bonds is 7. The summed E-state index contributed by atoms with van der Waals surface area (Å²) in [4.78, 5) is 13.8. The average molecular weight is 381 g/mol. The number of carbonyl (C=O) groups excluding carboxylic acids is 1. The molecule has 2 aromatic rings. The Morgan fingerprint density at radius 3 is 2.00 bits per heavy atom.